The van der Waals surface area contributed by atoms with Gasteiger partial charge in [0.25, 0.3) is 5.91 Å². The molecule has 0 aromatic carbocycles. The number of anilines is 2. The molecule has 0 bridgehead atoms. The summed E-state index contributed by atoms with van der Waals surface area (Å²) in [7, 11) is 0. The van der Waals surface area contributed by atoms with E-state index in [1.165, 1.54) is 0 Å². The van der Waals surface area contributed by atoms with Gasteiger partial charge in [0, 0.05) is 0 Å². The molecule has 0 saturated heterocycles. The van der Waals surface area contributed by atoms with Crippen LogP contribution in [0.25, 0.3) is 0 Å². The summed E-state index contributed by atoms with van der Waals surface area (Å²) in [5, 5.41) is 2.20. The number of carbonyl (C=O) groups excluding carboxylic acids is 2. The van der Waals surface area contributed by atoms with E-state index in [0.29, 0.717) is 6.41 Å². The number of carbonyl (C=O) groups is 2. The van der Waals surface area contributed by atoms with Gasteiger partial charge >= 0.3 is 0 Å². The highest BCUT2D eigenvalue weighted by Gasteiger charge is 2.09. The van der Waals surface area contributed by atoms with Crippen molar-refractivity contribution < 1.29 is 9.59 Å². The number of H-pyrrole nitrogens is 1. The Hall–Kier alpha value is -2.05. The van der Waals surface area contributed by atoms with E-state index in [4.69, 9.17) is 11.5 Å². The zero-order chi connectivity index (χ0) is 9.14. The Balaban J connectivity index is 2.99. The van der Waals surface area contributed by atoms with Crippen LogP contribution in [0.2, 0.25) is 0 Å². The molecule has 0 fully saturated rings. The number of aromatic amines is 1. The number of amides is 2. The van der Waals surface area contributed by atoms with Crippen LogP contribution in [0, 0.1) is 0 Å². The lowest BCUT2D eigenvalue weighted by molar-refractivity contribution is -0.105. The maximum absolute atomic E-state index is 10.5. The molecule has 64 valence electrons. The number of nitrogens with two attached hydrogens (primary N) is 2. The predicted molar refractivity (Wildman–Crippen MR) is 41.2 cm³/mol. The molecule has 1 heterocycles. The second-order valence-electron chi connectivity index (χ2n) is 1.97. The zero-order valence-electron chi connectivity index (χ0n) is 6.00. The number of nitrogen functional groups attached to an aromatic ring is 1. The number of hydrogen-bond acceptors (Lipinski definition) is 4. The molecule has 0 aliphatic heterocycles. The second kappa shape index (κ2) is 2.91. The van der Waals surface area contributed by atoms with E-state index >= 15 is 0 Å². The molecule has 2 amide bonds. The number of nitrogens with zero attached hydrogens (tertiary/aromatic N) is 1. The molecular formula is C5H7N5O2. The van der Waals surface area contributed by atoms with Crippen LogP contribution >= 0.6 is 0 Å². The lowest BCUT2D eigenvalue weighted by atomic mass is 10.6. The average Bonchev–Trinajstić information content (AvgIpc) is 2.34. The summed E-state index contributed by atoms with van der Waals surface area (Å²) < 4.78 is 0. The number of nitrogens with one attached hydrogen (secondary N) is 2. The van der Waals surface area contributed by atoms with Crippen molar-refractivity contribution in [3.63, 3.8) is 0 Å². The van der Waals surface area contributed by atoms with Crippen molar-refractivity contribution in [3.05, 3.63) is 5.82 Å². The Morgan fingerprint density at radius 1 is 1.67 bits per heavy atom. The van der Waals surface area contributed by atoms with Crippen LogP contribution in [0.3, 0.4) is 0 Å². The van der Waals surface area contributed by atoms with Gasteiger partial charge in [-0.3, -0.25) is 9.59 Å². The van der Waals surface area contributed by atoms with E-state index < -0.39 is 5.91 Å². The van der Waals surface area contributed by atoms with Crippen LogP contribution in [0.1, 0.15) is 10.6 Å². The van der Waals surface area contributed by atoms with Crippen LogP contribution < -0.4 is 16.8 Å². The molecule has 0 spiro atoms. The van der Waals surface area contributed by atoms with Gasteiger partial charge in [-0.15, -0.1) is 0 Å². The van der Waals surface area contributed by atoms with Gasteiger partial charge in [0.1, 0.15) is 5.82 Å². The molecule has 7 nitrogen and oxygen atoms in total. The normalized spacial score (nSPS) is 9.33. The number of rotatable bonds is 3. The second-order valence-corrected chi connectivity index (χ2v) is 1.97. The minimum Gasteiger partial charge on any atom is -0.382 e. The van der Waals surface area contributed by atoms with E-state index in [1.807, 2.05) is 0 Å². The van der Waals surface area contributed by atoms with Gasteiger partial charge in [0.15, 0.2) is 11.6 Å². The monoisotopic (exact) mass is 169 g/mol. The predicted octanol–water partition coefficient (Wildman–Crippen LogP) is -1.34. The fourth-order valence-corrected chi connectivity index (χ4v) is 0.669. The summed E-state index contributed by atoms with van der Waals surface area (Å²) in [6.45, 7) is 0. The summed E-state index contributed by atoms with van der Waals surface area (Å²) in [4.78, 5) is 26.5. The van der Waals surface area contributed by atoms with Crippen molar-refractivity contribution in [1.82, 2.24) is 9.97 Å². The van der Waals surface area contributed by atoms with Crippen molar-refractivity contribution in [3.8, 4) is 0 Å². The molecule has 0 radical (unpaired) electrons. The molecule has 0 atom stereocenters. The van der Waals surface area contributed by atoms with E-state index in [9.17, 15) is 9.59 Å². The topological polar surface area (TPSA) is 127 Å². The standard InChI is InChI=1S/C5H7N5O2/c6-2-4(8-1-11)10-5(9-2)3(7)12/h1H,6H2,(H2,7,12)(H,8,11)(H,9,10). The Morgan fingerprint density at radius 3 is 2.75 bits per heavy atom. The van der Waals surface area contributed by atoms with Gasteiger partial charge in [-0.2, -0.15) is 0 Å². The molecular weight excluding hydrogens is 162 g/mol. The summed E-state index contributed by atoms with van der Waals surface area (Å²) in [6.07, 6.45) is 0.400. The first kappa shape index (κ1) is 8.05. The van der Waals surface area contributed by atoms with Crippen LogP contribution in [0.4, 0.5) is 11.6 Å². The zero-order valence-corrected chi connectivity index (χ0v) is 6.00. The average molecular weight is 169 g/mol. The van der Waals surface area contributed by atoms with Gasteiger partial charge in [-0.05, 0) is 0 Å². The Labute approximate surface area is 67.1 Å². The third kappa shape index (κ3) is 1.34. The molecule has 1 rings (SSSR count). The molecule has 0 saturated carbocycles. The van der Waals surface area contributed by atoms with Crippen LogP contribution in [-0.4, -0.2) is 22.3 Å². The number of aromatic nitrogens is 2. The third-order valence-electron chi connectivity index (χ3n) is 1.16. The molecule has 0 unspecified atom stereocenters. The van der Waals surface area contributed by atoms with Gasteiger partial charge in [0.05, 0.1) is 0 Å². The van der Waals surface area contributed by atoms with E-state index in [1.54, 1.807) is 0 Å². The van der Waals surface area contributed by atoms with Gasteiger partial charge < -0.3 is 21.8 Å². The van der Waals surface area contributed by atoms with E-state index in [2.05, 4.69) is 15.3 Å². The van der Waals surface area contributed by atoms with Gasteiger partial charge in [-0.25, -0.2) is 4.98 Å². The highest BCUT2D eigenvalue weighted by Crippen LogP contribution is 2.12. The summed E-state index contributed by atoms with van der Waals surface area (Å²) in [5.41, 5.74) is 10.2. The SMILES string of the molecule is NC(=O)c1nc(NC=O)c(N)[nH]1. The minimum atomic E-state index is -0.736. The smallest absolute Gasteiger partial charge is 0.284 e. The van der Waals surface area contributed by atoms with Crippen LogP contribution in [0.5, 0.6) is 0 Å². The summed E-state index contributed by atoms with van der Waals surface area (Å²) in [6, 6.07) is 0. The number of hydrogen-bond donors (Lipinski definition) is 4. The maximum Gasteiger partial charge on any atom is 0.284 e. The Morgan fingerprint density at radius 2 is 2.33 bits per heavy atom. The molecule has 0 aliphatic rings. The molecule has 0 aliphatic carbocycles. The molecule has 1 aromatic rings. The summed E-state index contributed by atoms with van der Waals surface area (Å²) >= 11 is 0. The van der Waals surface area contributed by atoms with Crippen molar-refractivity contribution in [2.75, 3.05) is 11.1 Å². The van der Waals surface area contributed by atoms with Crippen molar-refractivity contribution >= 4 is 24.0 Å². The molecule has 1 aromatic heterocycles. The lowest BCUT2D eigenvalue weighted by Crippen LogP contribution is -2.12. The largest absolute Gasteiger partial charge is 0.382 e. The minimum absolute atomic E-state index is 0.0862. The fraction of sp³-hybridized carbons (Fsp3) is 0. The maximum atomic E-state index is 10.5. The molecule has 12 heavy (non-hydrogen) atoms. The lowest BCUT2D eigenvalue weighted by Gasteiger charge is -1.89. The number of primary amides is 1. The third-order valence-corrected chi connectivity index (χ3v) is 1.16. The first-order valence-electron chi connectivity index (χ1n) is 3.00. The van der Waals surface area contributed by atoms with Gasteiger partial charge in [0.2, 0.25) is 6.41 Å². The summed E-state index contributed by atoms with van der Waals surface area (Å²) in [5.74, 6) is -0.632. The Kier molecular flexibility index (Phi) is 1.95. The first-order chi connectivity index (χ1) is 5.65. The quantitative estimate of drug-likeness (QED) is 0.417. The fourth-order valence-electron chi connectivity index (χ4n) is 0.669. The molecule has 7 heteroatoms. The number of imidazole rings is 1. The van der Waals surface area contributed by atoms with Gasteiger partial charge in [-0.1, -0.05) is 0 Å². The van der Waals surface area contributed by atoms with Crippen LogP contribution in [0.15, 0.2) is 0 Å². The van der Waals surface area contributed by atoms with E-state index in [-0.39, 0.29) is 17.5 Å². The highest BCUT2D eigenvalue weighted by molar-refractivity contribution is 5.91. The van der Waals surface area contributed by atoms with Crippen molar-refractivity contribution in [2.45, 2.75) is 0 Å². The Bertz CT molecular complexity index is 318. The van der Waals surface area contributed by atoms with Crippen molar-refractivity contribution in [1.29, 1.82) is 0 Å². The highest BCUT2D eigenvalue weighted by atomic mass is 16.1. The van der Waals surface area contributed by atoms with Crippen molar-refractivity contribution in [2.24, 2.45) is 5.73 Å². The van der Waals surface area contributed by atoms with Crippen LogP contribution in [-0.2, 0) is 4.79 Å². The first-order valence-corrected chi connectivity index (χ1v) is 3.00. The van der Waals surface area contributed by atoms with E-state index in [0.717, 1.165) is 0 Å². The molecule has 6 N–H and O–H groups in total.